The number of hydrogen-bond acceptors (Lipinski definition) is 5. The monoisotopic (exact) mass is 397 g/mol. The molecule has 0 aliphatic carbocycles. The molecule has 1 amide bonds. The van der Waals surface area contributed by atoms with Crippen LogP contribution in [0.25, 0.3) is 0 Å². The van der Waals surface area contributed by atoms with Crippen LogP contribution in [-0.4, -0.2) is 39.8 Å². The number of amides is 1. The molecule has 0 saturated carbocycles. The molecule has 1 saturated heterocycles. The summed E-state index contributed by atoms with van der Waals surface area (Å²) in [5.74, 6) is 2.24. The molecule has 2 aromatic rings. The number of nitrogens with one attached hydrogen (secondary N) is 2. The number of carbonyl (C=O) groups excluding carboxylic acids is 1. The van der Waals surface area contributed by atoms with E-state index in [1.54, 1.807) is 14.2 Å². The summed E-state index contributed by atoms with van der Waals surface area (Å²) < 4.78 is 10.6. The van der Waals surface area contributed by atoms with Gasteiger partial charge in [0.2, 0.25) is 5.91 Å². The Kier molecular flexibility index (Phi) is 7.22. The lowest BCUT2D eigenvalue weighted by molar-refractivity contribution is -0.115. The Morgan fingerprint density at radius 1 is 1.07 bits per heavy atom. The van der Waals surface area contributed by atoms with E-state index in [4.69, 9.17) is 9.47 Å². The van der Waals surface area contributed by atoms with Crippen LogP contribution < -0.4 is 25.0 Å². The first-order valence-electron chi connectivity index (χ1n) is 10.2. The number of nitrogens with zero attached hydrogens (tertiary/aromatic N) is 1. The summed E-state index contributed by atoms with van der Waals surface area (Å²) in [7, 11) is 3.24. The highest BCUT2D eigenvalue weighted by Crippen LogP contribution is 2.29. The van der Waals surface area contributed by atoms with Crippen LogP contribution in [0.15, 0.2) is 42.5 Å². The predicted octanol–water partition coefficient (Wildman–Crippen LogP) is 4.38. The third-order valence-electron chi connectivity index (χ3n) is 5.37. The van der Waals surface area contributed by atoms with E-state index in [-0.39, 0.29) is 5.91 Å². The van der Waals surface area contributed by atoms with Gasteiger partial charge in [-0.1, -0.05) is 6.92 Å². The zero-order valence-corrected chi connectivity index (χ0v) is 17.5. The van der Waals surface area contributed by atoms with Crippen molar-refractivity contribution in [1.29, 1.82) is 0 Å². The van der Waals surface area contributed by atoms with Crippen molar-refractivity contribution in [2.24, 2.45) is 5.92 Å². The zero-order chi connectivity index (χ0) is 20.6. The number of hydrogen-bond donors (Lipinski definition) is 2. The SMILES string of the molecule is COc1ccc(OC)c(NCCC(=O)Nc2ccc(N3CCC(C)CC3)cc2)c1. The van der Waals surface area contributed by atoms with Gasteiger partial charge in [-0.3, -0.25) is 4.79 Å². The summed E-state index contributed by atoms with van der Waals surface area (Å²) in [6.07, 6.45) is 2.83. The molecule has 0 spiro atoms. The van der Waals surface area contributed by atoms with Crippen LogP contribution in [0.1, 0.15) is 26.2 Å². The lowest BCUT2D eigenvalue weighted by atomic mass is 9.99. The van der Waals surface area contributed by atoms with E-state index in [0.29, 0.717) is 18.7 Å². The van der Waals surface area contributed by atoms with E-state index in [1.165, 1.54) is 18.5 Å². The van der Waals surface area contributed by atoms with Gasteiger partial charge in [0.1, 0.15) is 11.5 Å². The summed E-state index contributed by atoms with van der Waals surface area (Å²) in [5.41, 5.74) is 2.85. The average molecular weight is 398 g/mol. The van der Waals surface area contributed by atoms with Crippen molar-refractivity contribution in [3.63, 3.8) is 0 Å². The summed E-state index contributed by atoms with van der Waals surface area (Å²) >= 11 is 0. The summed E-state index contributed by atoms with van der Waals surface area (Å²) in [6, 6.07) is 13.7. The second kappa shape index (κ2) is 10.0. The summed E-state index contributed by atoms with van der Waals surface area (Å²) in [6.45, 7) is 5.02. The van der Waals surface area contributed by atoms with Crippen LogP contribution in [0.4, 0.5) is 17.1 Å². The van der Waals surface area contributed by atoms with E-state index >= 15 is 0 Å². The third kappa shape index (κ3) is 5.79. The van der Waals surface area contributed by atoms with Gasteiger partial charge in [0.15, 0.2) is 0 Å². The smallest absolute Gasteiger partial charge is 0.226 e. The first kappa shape index (κ1) is 20.8. The highest BCUT2D eigenvalue weighted by atomic mass is 16.5. The Balaban J connectivity index is 1.47. The molecule has 3 rings (SSSR count). The van der Waals surface area contributed by atoms with E-state index in [1.807, 2.05) is 30.3 Å². The maximum Gasteiger partial charge on any atom is 0.226 e. The molecule has 0 atom stereocenters. The van der Waals surface area contributed by atoms with Crippen molar-refractivity contribution >= 4 is 23.0 Å². The lowest BCUT2D eigenvalue weighted by Gasteiger charge is -2.32. The molecule has 2 N–H and O–H groups in total. The predicted molar refractivity (Wildman–Crippen MR) is 118 cm³/mol. The van der Waals surface area contributed by atoms with E-state index in [9.17, 15) is 4.79 Å². The Morgan fingerprint density at radius 2 is 1.79 bits per heavy atom. The van der Waals surface area contributed by atoms with Crippen LogP contribution in [0, 0.1) is 5.92 Å². The largest absolute Gasteiger partial charge is 0.497 e. The van der Waals surface area contributed by atoms with Gasteiger partial charge < -0.3 is 25.0 Å². The second-order valence-corrected chi connectivity index (χ2v) is 7.51. The van der Waals surface area contributed by atoms with Crippen LogP contribution in [0.2, 0.25) is 0 Å². The topological polar surface area (TPSA) is 62.8 Å². The van der Waals surface area contributed by atoms with E-state index < -0.39 is 0 Å². The molecular formula is C23H31N3O3. The number of carbonyl (C=O) groups is 1. The fourth-order valence-corrected chi connectivity index (χ4v) is 3.51. The van der Waals surface area contributed by atoms with Crippen molar-refractivity contribution in [3.8, 4) is 11.5 Å². The minimum Gasteiger partial charge on any atom is -0.497 e. The van der Waals surface area contributed by atoms with Crippen molar-refractivity contribution in [2.75, 3.05) is 49.4 Å². The van der Waals surface area contributed by atoms with Crippen molar-refractivity contribution < 1.29 is 14.3 Å². The highest BCUT2D eigenvalue weighted by molar-refractivity contribution is 5.91. The van der Waals surface area contributed by atoms with Crippen molar-refractivity contribution in [1.82, 2.24) is 0 Å². The zero-order valence-electron chi connectivity index (χ0n) is 17.5. The minimum absolute atomic E-state index is 0.0288. The molecule has 0 radical (unpaired) electrons. The van der Waals surface area contributed by atoms with Gasteiger partial charge in [-0.05, 0) is 55.2 Å². The van der Waals surface area contributed by atoms with Gasteiger partial charge in [0.05, 0.1) is 19.9 Å². The van der Waals surface area contributed by atoms with Gasteiger partial charge >= 0.3 is 0 Å². The molecule has 1 heterocycles. The molecule has 6 nitrogen and oxygen atoms in total. The standard InChI is InChI=1S/C23H31N3O3/c1-17-11-14-26(15-12-17)19-6-4-18(5-7-19)25-23(27)10-13-24-21-16-20(28-2)8-9-22(21)29-3/h4-9,16-17,24H,10-15H2,1-3H3,(H,25,27). The summed E-state index contributed by atoms with van der Waals surface area (Å²) in [4.78, 5) is 14.7. The molecular weight excluding hydrogens is 366 g/mol. The quantitative estimate of drug-likeness (QED) is 0.692. The van der Waals surface area contributed by atoms with Gasteiger partial charge in [-0.25, -0.2) is 0 Å². The normalized spacial score (nSPS) is 14.4. The molecule has 0 bridgehead atoms. The number of piperidine rings is 1. The fraction of sp³-hybridized carbons (Fsp3) is 0.435. The minimum atomic E-state index is -0.0288. The molecule has 2 aromatic carbocycles. The van der Waals surface area contributed by atoms with Gasteiger partial charge in [-0.15, -0.1) is 0 Å². The Morgan fingerprint density at radius 3 is 2.45 bits per heavy atom. The Hall–Kier alpha value is -2.89. The van der Waals surface area contributed by atoms with Crippen molar-refractivity contribution in [2.45, 2.75) is 26.2 Å². The van der Waals surface area contributed by atoms with E-state index in [0.717, 1.165) is 36.1 Å². The average Bonchev–Trinajstić information content (AvgIpc) is 2.75. The number of anilines is 3. The maximum absolute atomic E-state index is 12.3. The van der Waals surface area contributed by atoms with E-state index in [2.05, 4.69) is 34.6 Å². The molecule has 0 aromatic heterocycles. The fourth-order valence-electron chi connectivity index (χ4n) is 3.51. The number of ether oxygens (including phenoxy) is 2. The van der Waals surface area contributed by atoms with Crippen molar-refractivity contribution in [3.05, 3.63) is 42.5 Å². The molecule has 1 aliphatic heterocycles. The molecule has 29 heavy (non-hydrogen) atoms. The van der Waals surface area contributed by atoms with Crippen LogP contribution in [0.5, 0.6) is 11.5 Å². The van der Waals surface area contributed by atoms with Crippen LogP contribution >= 0.6 is 0 Å². The second-order valence-electron chi connectivity index (χ2n) is 7.51. The molecule has 1 aliphatic rings. The van der Waals surface area contributed by atoms with Gasteiger partial charge in [0, 0.05) is 43.5 Å². The molecule has 0 unspecified atom stereocenters. The van der Waals surface area contributed by atoms with Gasteiger partial charge in [0.25, 0.3) is 0 Å². The first-order chi connectivity index (χ1) is 14.1. The summed E-state index contributed by atoms with van der Waals surface area (Å²) in [5, 5.41) is 6.20. The third-order valence-corrected chi connectivity index (χ3v) is 5.37. The van der Waals surface area contributed by atoms with Crippen LogP contribution in [-0.2, 0) is 4.79 Å². The van der Waals surface area contributed by atoms with Gasteiger partial charge in [-0.2, -0.15) is 0 Å². The lowest BCUT2D eigenvalue weighted by Crippen LogP contribution is -2.32. The molecule has 6 heteroatoms. The Bertz CT molecular complexity index is 800. The number of benzene rings is 2. The highest BCUT2D eigenvalue weighted by Gasteiger charge is 2.16. The Labute approximate surface area is 173 Å². The molecule has 1 fully saturated rings. The first-order valence-corrected chi connectivity index (χ1v) is 10.2. The number of rotatable bonds is 8. The number of methoxy groups -OCH3 is 2. The van der Waals surface area contributed by atoms with Crippen LogP contribution in [0.3, 0.4) is 0 Å². The molecule has 156 valence electrons. The maximum atomic E-state index is 12.3.